The summed E-state index contributed by atoms with van der Waals surface area (Å²) in [6.45, 7) is 1.24. The van der Waals surface area contributed by atoms with Gasteiger partial charge in [0.1, 0.15) is 5.75 Å². The van der Waals surface area contributed by atoms with Crippen LogP contribution in [0.3, 0.4) is 0 Å². The number of aryl methyl sites for hydroxylation is 1. The molecule has 0 atom stereocenters. The van der Waals surface area contributed by atoms with Crippen molar-refractivity contribution in [1.29, 1.82) is 0 Å². The molecule has 2 heterocycles. The summed E-state index contributed by atoms with van der Waals surface area (Å²) in [5.74, 6) is -0.156. The van der Waals surface area contributed by atoms with Crippen LogP contribution in [0.15, 0.2) is 6.20 Å². The van der Waals surface area contributed by atoms with E-state index in [1.165, 1.54) is 6.20 Å². The minimum atomic E-state index is -3.47. The zero-order valence-corrected chi connectivity index (χ0v) is 9.35. The molecule has 8 heteroatoms. The largest absolute Gasteiger partial charge is 0.506 e. The molecule has 4 N–H and O–H groups in total. The van der Waals surface area contributed by atoms with E-state index < -0.39 is 14.0 Å². The number of aliphatic hydroxyl groups is 1. The lowest BCUT2D eigenvalue weighted by Gasteiger charge is -2.33. The third-order valence-corrected chi connectivity index (χ3v) is 3.22. The summed E-state index contributed by atoms with van der Waals surface area (Å²) in [5.41, 5.74) is 5.99. The molecule has 1 fully saturated rings. The lowest BCUT2D eigenvalue weighted by atomic mass is 10.1. The zero-order chi connectivity index (χ0) is 11.9. The monoisotopic (exact) mass is 246 g/mol. The Bertz CT molecular complexity index is 468. The summed E-state index contributed by atoms with van der Waals surface area (Å²) >= 11 is 0. The molecule has 1 aromatic heterocycles. The smallest absolute Gasteiger partial charge is 0.408 e. The fraction of sp³-hybridized carbons (Fsp3) is 0.375. The van der Waals surface area contributed by atoms with Gasteiger partial charge >= 0.3 is 7.75 Å². The van der Waals surface area contributed by atoms with Crippen molar-refractivity contribution >= 4 is 7.75 Å². The summed E-state index contributed by atoms with van der Waals surface area (Å²) in [4.78, 5) is 3.87. The first-order chi connectivity index (χ1) is 7.44. The van der Waals surface area contributed by atoms with Gasteiger partial charge in [-0.3, -0.25) is 14.0 Å². The van der Waals surface area contributed by atoms with Crippen molar-refractivity contribution in [3.8, 4) is 5.75 Å². The fourth-order valence-corrected chi connectivity index (χ4v) is 2.18. The van der Waals surface area contributed by atoms with Gasteiger partial charge in [0.25, 0.3) is 0 Å². The Kier molecular flexibility index (Phi) is 2.73. The van der Waals surface area contributed by atoms with E-state index in [2.05, 4.69) is 4.98 Å². The molecule has 0 radical (unpaired) electrons. The molecule has 0 bridgehead atoms. The molecule has 0 amide bonds. The predicted molar refractivity (Wildman–Crippen MR) is 53.3 cm³/mol. The van der Waals surface area contributed by atoms with Crippen molar-refractivity contribution < 1.29 is 23.8 Å². The minimum Gasteiger partial charge on any atom is -0.506 e. The van der Waals surface area contributed by atoms with Crippen LogP contribution >= 0.6 is 7.75 Å². The predicted octanol–water partition coefficient (Wildman–Crippen LogP) is 0.700. The van der Waals surface area contributed by atoms with Gasteiger partial charge in [0.15, 0.2) is 0 Å². The topological polar surface area (TPSA) is 115 Å². The quantitative estimate of drug-likeness (QED) is 0.658. The molecule has 16 heavy (non-hydrogen) atoms. The number of nitrogens with zero attached hydrogens (tertiary/aromatic N) is 1. The summed E-state index contributed by atoms with van der Waals surface area (Å²) in [6, 6.07) is 0. The molecule has 0 aliphatic carbocycles. The highest BCUT2D eigenvalue weighted by Crippen LogP contribution is 2.60. The zero-order valence-electron chi connectivity index (χ0n) is 8.45. The Morgan fingerprint density at radius 3 is 2.75 bits per heavy atom. The van der Waals surface area contributed by atoms with E-state index in [0.29, 0.717) is 11.3 Å². The number of pyridine rings is 1. The van der Waals surface area contributed by atoms with E-state index >= 15 is 0 Å². The van der Waals surface area contributed by atoms with Crippen LogP contribution in [-0.4, -0.2) is 15.2 Å². The molecule has 0 saturated carbocycles. The Morgan fingerprint density at radius 1 is 1.62 bits per heavy atom. The Morgan fingerprint density at radius 2 is 2.25 bits per heavy atom. The average molecular weight is 246 g/mol. The molecule has 1 aromatic rings. The summed E-state index contributed by atoms with van der Waals surface area (Å²) < 4.78 is 20.6. The number of aliphatic hydroxyl groups excluding tert-OH is 1. The van der Waals surface area contributed by atoms with Crippen molar-refractivity contribution in [2.24, 2.45) is 5.50 Å². The number of aromatic hydroxyl groups is 1. The maximum atomic E-state index is 11.0. The van der Waals surface area contributed by atoms with Gasteiger partial charge in [0.2, 0.25) is 6.29 Å². The van der Waals surface area contributed by atoms with Gasteiger partial charge in [-0.15, -0.1) is 0 Å². The second kappa shape index (κ2) is 3.80. The highest BCUT2D eigenvalue weighted by Gasteiger charge is 2.43. The molecule has 0 unspecified atom stereocenters. The Labute approximate surface area is 91.4 Å². The van der Waals surface area contributed by atoms with E-state index in [4.69, 9.17) is 19.7 Å². The lowest BCUT2D eigenvalue weighted by Crippen LogP contribution is -2.23. The molecule has 2 rings (SSSR count). The Hall–Kier alpha value is -0.980. The molecule has 88 valence electrons. The molecule has 7 nitrogen and oxygen atoms in total. The standard InChI is InChI=1S/C8H11N2O5P/c1-4-7(12)6(5(3-11)2-10-4)8-14-16(9,13)15-8/h2,8,11-12H,3H2,1H3,(H2,9,13). The van der Waals surface area contributed by atoms with Crippen LogP contribution in [0, 0.1) is 6.92 Å². The first kappa shape index (κ1) is 11.5. The van der Waals surface area contributed by atoms with Crippen LogP contribution in [0.5, 0.6) is 5.75 Å². The average Bonchev–Trinajstić information content (AvgIpc) is 2.18. The first-order valence-electron chi connectivity index (χ1n) is 4.48. The first-order valence-corrected chi connectivity index (χ1v) is 6.09. The highest BCUT2D eigenvalue weighted by atomic mass is 31.2. The molecule has 0 aromatic carbocycles. The molecule has 0 spiro atoms. The lowest BCUT2D eigenvalue weighted by molar-refractivity contribution is -0.0970. The molecule has 1 saturated heterocycles. The molecular weight excluding hydrogens is 235 g/mol. The second-order valence-corrected chi connectivity index (χ2v) is 4.87. The number of nitrogens with two attached hydrogens (primary N) is 1. The van der Waals surface area contributed by atoms with E-state index in [9.17, 15) is 9.67 Å². The van der Waals surface area contributed by atoms with Gasteiger partial charge in [0.05, 0.1) is 17.9 Å². The Balaban J connectivity index is 2.40. The molecule has 1 aliphatic rings. The van der Waals surface area contributed by atoms with E-state index in [-0.39, 0.29) is 17.9 Å². The number of hydrogen-bond donors (Lipinski definition) is 3. The van der Waals surface area contributed by atoms with Crippen LogP contribution in [0.2, 0.25) is 0 Å². The van der Waals surface area contributed by atoms with Crippen molar-refractivity contribution in [2.75, 3.05) is 0 Å². The minimum absolute atomic E-state index is 0.156. The highest BCUT2D eigenvalue weighted by molar-refractivity contribution is 7.52. The number of aromatic nitrogens is 1. The summed E-state index contributed by atoms with van der Waals surface area (Å²) in [7, 11) is -3.47. The maximum absolute atomic E-state index is 11.0. The van der Waals surface area contributed by atoms with Crippen LogP contribution in [-0.2, 0) is 20.2 Å². The van der Waals surface area contributed by atoms with Gasteiger partial charge < -0.3 is 10.2 Å². The van der Waals surface area contributed by atoms with Crippen molar-refractivity contribution in [3.63, 3.8) is 0 Å². The fourth-order valence-electron chi connectivity index (χ4n) is 1.42. The normalized spacial score (nSPS) is 28.8. The molecular formula is C8H11N2O5P. The number of hydrogen-bond acceptors (Lipinski definition) is 6. The summed E-state index contributed by atoms with van der Waals surface area (Å²) in [6.07, 6.45) is 0.372. The van der Waals surface area contributed by atoms with Crippen LogP contribution in [0.1, 0.15) is 23.1 Å². The SMILES string of the molecule is Cc1ncc(CO)c(C2OP(N)(=O)O2)c1O. The molecule has 1 aliphatic heterocycles. The van der Waals surface area contributed by atoms with Gasteiger partial charge in [-0.1, -0.05) is 0 Å². The maximum Gasteiger partial charge on any atom is 0.408 e. The van der Waals surface area contributed by atoms with Gasteiger partial charge in [0, 0.05) is 11.8 Å². The van der Waals surface area contributed by atoms with Crippen LogP contribution in [0.25, 0.3) is 0 Å². The van der Waals surface area contributed by atoms with Crippen molar-refractivity contribution in [3.05, 3.63) is 23.0 Å². The van der Waals surface area contributed by atoms with Crippen molar-refractivity contribution in [1.82, 2.24) is 4.98 Å². The van der Waals surface area contributed by atoms with Gasteiger partial charge in [-0.2, -0.15) is 0 Å². The van der Waals surface area contributed by atoms with Crippen LogP contribution < -0.4 is 5.50 Å². The third-order valence-electron chi connectivity index (χ3n) is 2.25. The van der Waals surface area contributed by atoms with E-state index in [0.717, 1.165) is 0 Å². The number of rotatable bonds is 2. The summed E-state index contributed by atoms with van der Waals surface area (Å²) in [5, 5.41) is 18.8. The van der Waals surface area contributed by atoms with Gasteiger partial charge in [-0.25, -0.2) is 10.1 Å². The van der Waals surface area contributed by atoms with Gasteiger partial charge in [-0.05, 0) is 6.92 Å². The van der Waals surface area contributed by atoms with E-state index in [1.54, 1.807) is 6.92 Å². The van der Waals surface area contributed by atoms with Crippen LogP contribution in [0.4, 0.5) is 0 Å². The second-order valence-electron chi connectivity index (χ2n) is 3.37. The van der Waals surface area contributed by atoms with E-state index in [1.807, 2.05) is 0 Å². The third kappa shape index (κ3) is 1.83. The van der Waals surface area contributed by atoms with Crippen molar-refractivity contribution in [2.45, 2.75) is 19.8 Å².